The maximum atomic E-state index is 13.9. The number of halogens is 7. The lowest BCUT2D eigenvalue weighted by Crippen LogP contribution is -2.42. The molecule has 2 aromatic carbocycles. The van der Waals surface area contributed by atoms with Gasteiger partial charge in [0, 0.05) is 37.2 Å². The molecule has 1 aromatic heterocycles. The Morgan fingerprint density at radius 1 is 1.03 bits per heavy atom. The van der Waals surface area contributed by atoms with Crippen LogP contribution < -0.4 is 5.73 Å². The van der Waals surface area contributed by atoms with Crippen LogP contribution >= 0.6 is 0 Å². The van der Waals surface area contributed by atoms with Gasteiger partial charge >= 0.3 is 6.18 Å². The third-order valence-electron chi connectivity index (χ3n) is 5.72. The zero-order valence-corrected chi connectivity index (χ0v) is 18.0. The van der Waals surface area contributed by atoms with Crippen LogP contribution in [0, 0.1) is 23.3 Å². The van der Waals surface area contributed by atoms with E-state index >= 15 is 0 Å². The fourth-order valence-electron chi connectivity index (χ4n) is 4.09. The van der Waals surface area contributed by atoms with E-state index in [0.717, 1.165) is 16.7 Å². The van der Waals surface area contributed by atoms with Crippen molar-refractivity contribution in [2.75, 3.05) is 6.54 Å². The molecule has 2 N–H and O–H groups in total. The first kappa shape index (κ1) is 24.7. The summed E-state index contributed by atoms with van der Waals surface area (Å²) in [5.74, 6) is -5.94. The quantitative estimate of drug-likeness (QED) is 0.417. The predicted octanol–water partition coefficient (Wildman–Crippen LogP) is 4.43. The van der Waals surface area contributed by atoms with E-state index in [2.05, 4.69) is 4.98 Å². The molecule has 4 rings (SSSR count). The molecule has 3 aromatic rings. The van der Waals surface area contributed by atoms with E-state index in [1.54, 1.807) is 0 Å². The van der Waals surface area contributed by atoms with Crippen molar-refractivity contribution in [1.29, 1.82) is 0 Å². The summed E-state index contributed by atoms with van der Waals surface area (Å²) >= 11 is 0. The monoisotopic (exact) mass is 500 g/mol. The Bertz CT molecular complexity index is 1270. The first-order valence-electron chi connectivity index (χ1n) is 10.5. The minimum Gasteiger partial charge on any atom is -0.335 e. The van der Waals surface area contributed by atoms with Crippen LogP contribution in [-0.4, -0.2) is 32.9 Å². The topological polar surface area (TPSA) is 64.2 Å². The Labute approximate surface area is 195 Å². The standard InChI is InChI=1S/C23H19F7N4O/c24-14-3-1-2-12(6-14)21-19-11-33(4-5-34(19)22(32-21)23(28,29)30)20(35)9-15(31)7-13-8-17(26)18(27)10-16(13)25/h1-3,6,8,10,15H,4-5,7,9,11,31H2. The summed E-state index contributed by atoms with van der Waals surface area (Å²) < 4.78 is 95.8. The minimum absolute atomic E-state index is 0.0693. The third-order valence-corrected chi connectivity index (χ3v) is 5.72. The van der Waals surface area contributed by atoms with E-state index in [1.165, 1.54) is 17.0 Å². The molecule has 1 aliphatic rings. The Morgan fingerprint density at radius 3 is 2.43 bits per heavy atom. The molecule has 0 aliphatic carbocycles. The van der Waals surface area contributed by atoms with Gasteiger partial charge in [0.05, 0.1) is 17.9 Å². The molecule has 1 amide bonds. The number of carbonyl (C=O) groups excluding carboxylic acids is 1. The van der Waals surface area contributed by atoms with Crippen molar-refractivity contribution < 1.29 is 35.5 Å². The third kappa shape index (κ3) is 5.16. The number of rotatable bonds is 5. The van der Waals surface area contributed by atoms with E-state index in [1.807, 2.05) is 0 Å². The number of fused-ring (bicyclic) bond motifs is 1. The number of aromatic nitrogens is 2. The van der Waals surface area contributed by atoms with Gasteiger partial charge in [-0.25, -0.2) is 22.5 Å². The number of nitrogens with zero attached hydrogens (tertiary/aromatic N) is 3. The van der Waals surface area contributed by atoms with Crippen LogP contribution in [0.3, 0.4) is 0 Å². The number of carbonyl (C=O) groups is 1. The van der Waals surface area contributed by atoms with Crippen LogP contribution in [0.4, 0.5) is 30.7 Å². The van der Waals surface area contributed by atoms with Crippen LogP contribution in [-0.2, 0) is 30.5 Å². The lowest BCUT2D eigenvalue weighted by atomic mass is 10.0. The first-order valence-corrected chi connectivity index (χ1v) is 10.5. The molecule has 0 bridgehead atoms. The van der Waals surface area contributed by atoms with Crippen LogP contribution in [0.2, 0.25) is 0 Å². The van der Waals surface area contributed by atoms with Crippen LogP contribution in [0.5, 0.6) is 0 Å². The van der Waals surface area contributed by atoms with Crippen molar-refractivity contribution in [3.05, 3.63) is 76.7 Å². The molecule has 0 spiro atoms. The molecule has 1 unspecified atom stereocenters. The second kappa shape index (κ2) is 9.33. The van der Waals surface area contributed by atoms with Gasteiger partial charge in [-0.05, 0) is 30.2 Å². The van der Waals surface area contributed by atoms with Gasteiger partial charge in [-0.3, -0.25) is 4.79 Å². The van der Waals surface area contributed by atoms with Gasteiger partial charge in [0.25, 0.3) is 0 Å². The SMILES string of the molecule is NC(CC(=O)N1CCn2c(C(F)(F)F)nc(-c3cccc(F)c3)c2C1)Cc1cc(F)c(F)cc1F. The van der Waals surface area contributed by atoms with E-state index in [4.69, 9.17) is 5.73 Å². The number of imidazole rings is 1. The lowest BCUT2D eigenvalue weighted by molar-refractivity contribution is -0.148. The molecule has 35 heavy (non-hydrogen) atoms. The number of alkyl halides is 3. The minimum atomic E-state index is -4.76. The van der Waals surface area contributed by atoms with Gasteiger partial charge in [0.1, 0.15) is 11.6 Å². The van der Waals surface area contributed by atoms with Crippen molar-refractivity contribution >= 4 is 5.91 Å². The van der Waals surface area contributed by atoms with Gasteiger partial charge in [-0.15, -0.1) is 0 Å². The molecule has 1 atom stereocenters. The van der Waals surface area contributed by atoms with Gasteiger partial charge in [-0.2, -0.15) is 13.2 Å². The van der Waals surface area contributed by atoms with Gasteiger partial charge in [0.15, 0.2) is 11.6 Å². The Balaban J connectivity index is 1.55. The smallest absolute Gasteiger partial charge is 0.335 e. The van der Waals surface area contributed by atoms with Crippen molar-refractivity contribution in [2.24, 2.45) is 5.73 Å². The molecule has 0 saturated carbocycles. The Morgan fingerprint density at radius 2 is 1.74 bits per heavy atom. The predicted molar refractivity (Wildman–Crippen MR) is 111 cm³/mol. The van der Waals surface area contributed by atoms with E-state index in [-0.39, 0.29) is 55.0 Å². The normalized spacial score (nSPS) is 14.7. The summed E-state index contributed by atoms with van der Waals surface area (Å²) in [7, 11) is 0. The highest BCUT2D eigenvalue weighted by Gasteiger charge is 2.40. The number of hydrogen-bond donors (Lipinski definition) is 1. The van der Waals surface area contributed by atoms with E-state index < -0.39 is 47.2 Å². The highest BCUT2D eigenvalue weighted by atomic mass is 19.4. The molecule has 0 radical (unpaired) electrons. The highest BCUT2D eigenvalue weighted by Crippen LogP contribution is 2.36. The van der Waals surface area contributed by atoms with Crippen molar-refractivity contribution in [3.8, 4) is 11.3 Å². The van der Waals surface area contributed by atoms with Crippen molar-refractivity contribution in [1.82, 2.24) is 14.5 Å². The molecule has 12 heteroatoms. The van der Waals surface area contributed by atoms with E-state index in [9.17, 15) is 35.5 Å². The van der Waals surface area contributed by atoms with Gasteiger partial charge in [-0.1, -0.05) is 12.1 Å². The second-order valence-electron chi connectivity index (χ2n) is 8.23. The second-order valence-corrected chi connectivity index (χ2v) is 8.23. The summed E-state index contributed by atoms with van der Waals surface area (Å²) in [5.41, 5.74) is 5.84. The molecular weight excluding hydrogens is 481 g/mol. The maximum absolute atomic E-state index is 13.9. The zero-order chi connectivity index (χ0) is 25.5. The Hall–Kier alpha value is -3.41. The Kier molecular flexibility index (Phi) is 6.58. The summed E-state index contributed by atoms with van der Waals surface area (Å²) in [6.45, 7) is -0.509. The summed E-state index contributed by atoms with van der Waals surface area (Å²) in [6, 6.07) is 5.04. The molecule has 0 saturated heterocycles. The van der Waals surface area contributed by atoms with Crippen molar-refractivity contribution in [2.45, 2.75) is 38.1 Å². The molecule has 2 heterocycles. The van der Waals surface area contributed by atoms with Crippen LogP contribution in [0.15, 0.2) is 36.4 Å². The number of benzene rings is 2. The fourth-order valence-corrected chi connectivity index (χ4v) is 4.09. The largest absolute Gasteiger partial charge is 0.449 e. The first-order chi connectivity index (χ1) is 16.4. The zero-order valence-electron chi connectivity index (χ0n) is 18.0. The lowest BCUT2D eigenvalue weighted by Gasteiger charge is -2.30. The summed E-state index contributed by atoms with van der Waals surface area (Å²) in [5, 5.41) is 0. The summed E-state index contributed by atoms with van der Waals surface area (Å²) in [6.07, 6.45) is -5.33. The molecule has 5 nitrogen and oxygen atoms in total. The average Bonchev–Trinajstić information content (AvgIpc) is 3.17. The maximum Gasteiger partial charge on any atom is 0.449 e. The van der Waals surface area contributed by atoms with Gasteiger partial charge < -0.3 is 15.2 Å². The average molecular weight is 500 g/mol. The molecular formula is C23H19F7N4O. The van der Waals surface area contributed by atoms with Crippen LogP contribution in [0.1, 0.15) is 23.5 Å². The molecule has 186 valence electrons. The van der Waals surface area contributed by atoms with Gasteiger partial charge in [0.2, 0.25) is 11.7 Å². The molecule has 0 fully saturated rings. The summed E-state index contributed by atoms with van der Waals surface area (Å²) in [4.78, 5) is 17.8. The number of hydrogen-bond acceptors (Lipinski definition) is 3. The number of nitrogens with two attached hydrogens (primary N) is 1. The van der Waals surface area contributed by atoms with Crippen LogP contribution in [0.25, 0.3) is 11.3 Å². The highest BCUT2D eigenvalue weighted by molar-refractivity contribution is 5.77. The van der Waals surface area contributed by atoms with Crippen molar-refractivity contribution in [3.63, 3.8) is 0 Å². The fraction of sp³-hybridized carbons (Fsp3) is 0.304. The number of amides is 1. The van der Waals surface area contributed by atoms with E-state index in [0.29, 0.717) is 12.1 Å². The molecule has 1 aliphatic heterocycles.